The van der Waals surface area contributed by atoms with Crippen LogP contribution in [0.4, 0.5) is 0 Å². The number of hydrogen-bond acceptors (Lipinski definition) is 0. The highest BCUT2D eigenvalue weighted by Crippen LogP contribution is 2.67. The fraction of sp³-hybridized carbons (Fsp3) is 0.840. The van der Waals surface area contributed by atoms with Crippen molar-refractivity contribution in [2.45, 2.75) is 92.9 Å². The van der Waals surface area contributed by atoms with Gasteiger partial charge in [-0.1, -0.05) is 51.0 Å². The molecule has 4 aliphatic rings. The average Bonchev–Trinajstić information content (AvgIpc) is 2.92. The number of rotatable bonds is 1. The summed E-state index contributed by atoms with van der Waals surface area (Å²) in [4.78, 5) is 0. The minimum atomic E-state index is 0.521. The number of fused-ring (bicyclic) bond motifs is 5. The molecule has 0 radical (unpaired) electrons. The Balaban J connectivity index is 1.67. The fourth-order valence-corrected chi connectivity index (χ4v) is 7.86. The maximum absolute atomic E-state index is 2.77. The molecular formula is C25H40. The van der Waals surface area contributed by atoms with Crippen LogP contribution in [0.15, 0.2) is 23.3 Å². The second-order valence-corrected chi connectivity index (χ2v) is 11.3. The zero-order valence-electron chi connectivity index (χ0n) is 17.6. The van der Waals surface area contributed by atoms with E-state index in [0.29, 0.717) is 16.2 Å². The van der Waals surface area contributed by atoms with Crippen molar-refractivity contribution < 1.29 is 0 Å². The smallest absolute Gasteiger partial charge is 0.00849 e. The summed E-state index contributed by atoms with van der Waals surface area (Å²) < 4.78 is 0. The van der Waals surface area contributed by atoms with E-state index in [9.17, 15) is 0 Å². The Morgan fingerprint density at radius 1 is 1.04 bits per heavy atom. The summed E-state index contributed by atoms with van der Waals surface area (Å²) in [5.41, 5.74) is 5.19. The number of allylic oxidation sites excluding steroid dienone is 4. The molecule has 0 aromatic carbocycles. The molecule has 0 aromatic heterocycles. The van der Waals surface area contributed by atoms with Crippen LogP contribution in [0, 0.1) is 39.9 Å². The standard InChI is InChI=1S/C25H40/c1-7-17(2)20-10-11-21-19-9-8-18-16-23(3,4)14-15-24(18,5)22(19)12-13-25(20,21)6/h7,12,18-21H,8-11,13-16H2,1-6H3/b17-7+/t18?,19-,20+,21-,24-,25+/m0/s1. The van der Waals surface area contributed by atoms with Gasteiger partial charge in [0, 0.05) is 0 Å². The summed E-state index contributed by atoms with van der Waals surface area (Å²) >= 11 is 0. The molecule has 0 aromatic rings. The maximum atomic E-state index is 2.77. The Morgan fingerprint density at radius 3 is 2.52 bits per heavy atom. The Kier molecular flexibility index (Phi) is 4.10. The molecular weight excluding hydrogens is 300 g/mol. The zero-order chi connectivity index (χ0) is 18.0. The summed E-state index contributed by atoms with van der Waals surface area (Å²) in [6.07, 6.45) is 16.7. The van der Waals surface area contributed by atoms with Crippen molar-refractivity contribution >= 4 is 0 Å². The van der Waals surface area contributed by atoms with Crippen molar-refractivity contribution in [3.05, 3.63) is 23.3 Å². The first-order valence-corrected chi connectivity index (χ1v) is 11.0. The summed E-state index contributed by atoms with van der Waals surface area (Å²) in [5, 5.41) is 0. The Morgan fingerprint density at radius 2 is 1.80 bits per heavy atom. The molecule has 4 aliphatic carbocycles. The Labute approximate surface area is 156 Å². The van der Waals surface area contributed by atoms with E-state index < -0.39 is 0 Å². The van der Waals surface area contributed by atoms with Gasteiger partial charge < -0.3 is 0 Å². The van der Waals surface area contributed by atoms with Gasteiger partial charge in [0.25, 0.3) is 0 Å². The lowest BCUT2D eigenvalue weighted by Gasteiger charge is -2.58. The van der Waals surface area contributed by atoms with Crippen LogP contribution in [0.1, 0.15) is 92.9 Å². The lowest BCUT2D eigenvalue weighted by atomic mass is 9.46. The molecule has 1 unspecified atom stereocenters. The van der Waals surface area contributed by atoms with Crippen molar-refractivity contribution in [1.82, 2.24) is 0 Å². The van der Waals surface area contributed by atoms with E-state index in [1.165, 1.54) is 51.4 Å². The van der Waals surface area contributed by atoms with Crippen LogP contribution in [0.5, 0.6) is 0 Å². The van der Waals surface area contributed by atoms with Crippen LogP contribution in [-0.4, -0.2) is 0 Å². The van der Waals surface area contributed by atoms with Crippen LogP contribution in [-0.2, 0) is 0 Å². The van der Waals surface area contributed by atoms with Crippen LogP contribution in [0.25, 0.3) is 0 Å². The predicted octanol–water partition coefficient (Wildman–Crippen LogP) is 7.56. The van der Waals surface area contributed by atoms with E-state index in [0.717, 1.165) is 23.7 Å². The molecule has 0 bridgehead atoms. The van der Waals surface area contributed by atoms with Gasteiger partial charge in [-0.05, 0) is 105 Å². The predicted molar refractivity (Wildman–Crippen MR) is 108 cm³/mol. The molecule has 4 rings (SSSR count). The fourth-order valence-electron chi connectivity index (χ4n) is 7.86. The van der Waals surface area contributed by atoms with Crippen LogP contribution >= 0.6 is 0 Å². The summed E-state index contributed by atoms with van der Waals surface area (Å²) in [7, 11) is 0. The molecule has 0 nitrogen and oxygen atoms in total. The molecule has 0 heteroatoms. The lowest BCUT2D eigenvalue weighted by molar-refractivity contribution is -0.000369. The van der Waals surface area contributed by atoms with E-state index in [4.69, 9.17) is 0 Å². The second kappa shape index (κ2) is 5.74. The van der Waals surface area contributed by atoms with Gasteiger partial charge in [-0.3, -0.25) is 0 Å². The van der Waals surface area contributed by atoms with Crippen LogP contribution in [0.3, 0.4) is 0 Å². The number of hydrogen-bond donors (Lipinski definition) is 0. The topological polar surface area (TPSA) is 0 Å². The van der Waals surface area contributed by atoms with Crippen molar-refractivity contribution in [3.8, 4) is 0 Å². The third-order valence-corrected chi connectivity index (χ3v) is 9.57. The minimum Gasteiger partial charge on any atom is -0.0884 e. The third kappa shape index (κ3) is 2.53. The summed E-state index contributed by atoms with van der Waals surface area (Å²) in [6, 6.07) is 0. The van der Waals surface area contributed by atoms with Gasteiger partial charge in [0.05, 0.1) is 0 Å². The largest absolute Gasteiger partial charge is 0.0884 e. The molecule has 0 spiro atoms. The van der Waals surface area contributed by atoms with Gasteiger partial charge in [0.2, 0.25) is 0 Å². The molecule has 25 heavy (non-hydrogen) atoms. The molecule has 0 amide bonds. The minimum absolute atomic E-state index is 0.521. The highest BCUT2D eigenvalue weighted by molar-refractivity contribution is 5.30. The van der Waals surface area contributed by atoms with Crippen molar-refractivity contribution in [2.75, 3.05) is 0 Å². The van der Waals surface area contributed by atoms with Gasteiger partial charge in [0.15, 0.2) is 0 Å². The highest BCUT2D eigenvalue weighted by atomic mass is 14.6. The molecule has 3 saturated carbocycles. The third-order valence-electron chi connectivity index (χ3n) is 9.57. The van der Waals surface area contributed by atoms with Crippen molar-refractivity contribution in [2.24, 2.45) is 39.9 Å². The molecule has 6 atom stereocenters. The normalized spacial score (nSPS) is 49.0. The van der Waals surface area contributed by atoms with Gasteiger partial charge >= 0.3 is 0 Å². The summed E-state index contributed by atoms with van der Waals surface area (Å²) in [5.74, 6) is 3.62. The lowest BCUT2D eigenvalue weighted by Crippen LogP contribution is -2.48. The average molecular weight is 341 g/mol. The quantitative estimate of drug-likeness (QED) is 0.432. The van der Waals surface area contributed by atoms with Gasteiger partial charge in [-0.2, -0.15) is 0 Å². The first-order valence-electron chi connectivity index (χ1n) is 11.0. The van der Waals surface area contributed by atoms with Gasteiger partial charge in [-0.25, -0.2) is 0 Å². The molecule has 140 valence electrons. The van der Waals surface area contributed by atoms with E-state index in [1.54, 1.807) is 5.57 Å². The molecule has 0 aliphatic heterocycles. The molecule has 0 N–H and O–H groups in total. The first-order chi connectivity index (χ1) is 11.7. The Bertz CT molecular complexity index is 606. The highest BCUT2D eigenvalue weighted by Gasteiger charge is 2.57. The first kappa shape index (κ1) is 17.9. The SMILES string of the molecule is C/C=C(\C)[C@H]1CC[C@H]2[C@@H]3CCC4CC(C)(C)CC[C@]4(C)C3=CC[C@]12C. The maximum Gasteiger partial charge on any atom is -0.00849 e. The van der Waals surface area contributed by atoms with E-state index in [-0.39, 0.29) is 0 Å². The molecule has 3 fully saturated rings. The van der Waals surface area contributed by atoms with Crippen LogP contribution < -0.4 is 0 Å². The van der Waals surface area contributed by atoms with Gasteiger partial charge in [0.1, 0.15) is 0 Å². The summed E-state index contributed by atoms with van der Waals surface area (Å²) in [6.45, 7) is 14.9. The van der Waals surface area contributed by atoms with E-state index in [1.807, 2.05) is 5.57 Å². The van der Waals surface area contributed by atoms with Crippen molar-refractivity contribution in [3.63, 3.8) is 0 Å². The van der Waals surface area contributed by atoms with Crippen LogP contribution in [0.2, 0.25) is 0 Å². The Hall–Kier alpha value is -0.520. The molecule has 0 heterocycles. The van der Waals surface area contributed by atoms with E-state index in [2.05, 4.69) is 53.7 Å². The molecule has 0 saturated heterocycles. The van der Waals surface area contributed by atoms with E-state index >= 15 is 0 Å². The monoisotopic (exact) mass is 340 g/mol. The van der Waals surface area contributed by atoms with Crippen molar-refractivity contribution in [1.29, 1.82) is 0 Å². The van der Waals surface area contributed by atoms with Gasteiger partial charge in [-0.15, -0.1) is 0 Å². The zero-order valence-corrected chi connectivity index (χ0v) is 17.6. The second-order valence-electron chi connectivity index (χ2n) is 11.3.